The Morgan fingerprint density at radius 1 is 1.16 bits per heavy atom. The van der Waals surface area contributed by atoms with Crippen LogP contribution in [0.4, 0.5) is 22.0 Å². The van der Waals surface area contributed by atoms with Crippen LogP contribution in [0.5, 0.6) is 0 Å². The highest BCUT2D eigenvalue weighted by atomic mass is 19.4. The minimum Gasteiger partial charge on any atom is -0.328 e. The van der Waals surface area contributed by atoms with Crippen LogP contribution < -0.4 is 5.73 Å². The number of halogens is 5. The molecule has 0 heterocycles. The van der Waals surface area contributed by atoms with Crippen molar-refractivity contribution in [3.63, 3.8) is 0 Å². The fourth-order valence-electron chi connectivity index (χ4n) is 2.41. The number of nitrogens with two attached hydrogens (primary N) is 1. The number of alkyl halides is 4. The molecular formula is C13H14F5N. The lowest BCUT2D eigenvalue weighted by Crippen LogP contribution is -2.34. The maximum absolute atomic E-state index is 14.6. The molecule has 0 aromatic heterocycles. The van der Waals surface area contributed by atoms with Crippen LogP contribution in [0, 0.1) is 5.82 Å². The van der Waals surface area contributed by atoms with Gasteiger partial charge < -0.3 is 5.73 Å². The van der Waals surface area contributed by atoms with Crippen molar-refractivity contribution in [3.05, 3.63) is 35.1 Å². The summed E-state index contributed by atoms with van der Waals surface area (Å²) in [7, 11) is 0. The molecule has 0 radical (unpaired) electrons. The summed E-state index contributed by atoms with van der Waals surface area (Å²) < 4.78 is 65.3. The maximum atomic E-state index is 14.6. The van der Waals surface area contributed by atoms with Crippen molar-refractivity contribution in [1.29, 1.82) is 0 Å². The molecule has 1 aromatic carbocycles. The second-order valence-corrected chi connectivity index (χ2v) is 5.00. The largest absolute Gasteiger partial charge is 0.419 e. The molecular weight excluding hydrogens is 265 g/mol. The van der Waals surface area contributed by atoms with Gasteiger partial charge in [0.05, 0.1) is 5.56 Å². The Labute approximate surface area is 107 Å². The normalized spacial score (nSPS) is 28.4. The van der Waals surface area contributed by atoms with Crippen molar-refractivity contribution in [2.24, 2.45) is 5.73 Å². The summed E-state index contributed by atoms with van der Waals surface area (Å²) in [5.41, 5.74) is 2.47. The molecule has 19 heavy (non-hydrogen) atoms. The second kappa shape index (κ2) is 4.74. The molecule has 1 aromatic rings. The average Bonchev–Trinajstić information content (AvgIpc) is 2.31. The average molecular weight is 279 g/mol. The molecule has 0 bridgehead atoms. The van der Waals surface area contributed by atoms with Crippen molar-refractivity contribution < 1.29 is 22.0 Å². The summed E-state index contributed by atoms with van der Waals surface area (Å²) in [4.78, 5) is 0. The third kappa shape index (κ3) is 2.88. The lowest BCUT2D eigenvalue weighted by Gasteiger charge is -2.33. The smallest absolute Gasteiger partial charge is 0.328 e. The SMILES string of the molecule is NC1CCC(F)(c2ccc(C(F)(F)F)c(F)c2)CC1. The highest BCUT2D eigenvalue weighted by molar-refractivity contribution is 5.30. The van der Waals surface area contributed by atoms with Crippen LogP contribution in [0.15, 0.2) is 18.2 Å². The van der Waals surface area contributed by atoms with Crippen molar-refractivity contribution in [2.75, 3.05) is 0 Å². The van der Waals surface area contributed by atoms with E-state index >= 15 is 0 Å². The van der Waals surface area contributed by atoms with Gasteiger partial charge in [-0.2, -0.15) is 13.2 Å². The fraction of sp³-hybridized carbons (Fsp3) is 0.538. The Balaban J connectivity index is 2.30. The summed E-state index contributed by atoms with van der Waals surface area (Å²) in [6.45, 7) is 0. The molecule has 106 valence electrons. The van der Waals surface area contributed by atoms with E-state index in [9.17, 15) is 22.0 Å². The minimum absolute atomic E-state index is 0.0371. The van der Waals surface area contributed by atoms with Crippen molar-refractivity contribution in [1.82, 2.24) is 0 Å². The number of benzene rings is 1. The van der Waals surface area contributed by atoms with Crippen molar-refractivity contribution >= 4 is 0 Å². The fourth-order valence-corrected chi connectivity index (χ4v) is 2.41. The Bertz CT molecular complexity index is 461. The highest BCUT2D eigenvalue weighted by Gasteiger charge is 2.39. The van der Waals surface area contributed by atoms with Crippen LogP contribution in [0.1, 0.15) is 36.8 Å². The lowest BCUT2D eigenvalue weighted by molar-refractivity contribution is -0.140. The highest BCUT2D eigenvalue weighted by Crippen LogP contribution is 2.42. The van der Waals surface area contributed by atoms with E-state index in [0.717, 1.165) is 6.07 Å². The van der Waals surface area contributed by atoms with Gasteiger partial charge in [0.2, 0.25) is 0 Å². The molecule has 1 fully saturated rings. The van der Waals surface area contributed by atoms with Crippen molar-refractivity contribution in [2.45, 2.75) is 43.6 Å². The molecule has 2 N–H and O–H groups in total. The summed E-state index contributed by atoms with van der Waals surface area (Å²) in [6.07, 6.45) is -3.66. The first-order valence-corrected chi connectivity index (χ1v) is 6.04. The van der Waals surface area contributed by atoms with E-state index in [2.05, 4.69) is 0 Å². The Hall–Kier alpha value is -1.17. The second-order valence-electron chi connectivity index (χ2n) is 5.00. The van der Waals surface area contributed by atoms with Crippen LogP contribution in [0.25, 0.3) is 0 Å². The molecule has 0 saturated heterocycles. The molecule has 1 nitrogen and oxygen atoms in total. The molecule has 0 amide bonds. The maximum Gasteiger partial charge on any atom is 0.419 e. The summed E-state index contributed by atoms with van der Waals surface area (Å²) in [5.74, 6) is -1.43. The molecule has 0 atom stereocenters. The van der Waals surface area contributed by atoms with Crippen molar-refractivity contribution in [3.8, 4) is 0 Å². The van der Waals surface area contributed by atoms with E-state index in [0.29, 0.717) is 25.0 Å². The third-order valence-electron chi connectivity index (χ3n) is 3.61. The molecule has 0 spiro atoms. The van der Waals surface area contributed by atoms with Crippen LogP contribution in [-0.2, 0) is 11.8 Å². The zero-order chi connectivity index (χ0) is 14.3. The zero-order valence-electron chi connectivity index (χ0n) is 10.1. The Kier molecular flexibility index (Phi) is 3.55. The van der Waals surface area contributed by atoms with Gasteiger partial charge in [-0.3, -0.25) is 0 Å². The third-order valence-corrected chi connectivity index (χ3v) is 3.61. The van der Waals surface area contributed by atoms with Gasteiger partial charge in [-0.25, -0.2) is 8.78 Å². The van der Waals surface area contributed by atoms with E-state index in [4.69, 9.17) is 5.73 Å². The van der Waals surface area contributed by atoms with Gasteiger partial charge in [-0.15, -0.1) is 0 Å². The van der Waals surface area contributed by atoms with Gasteiger partial charge in [0.25, 0.3) is 0 Å². The zero-order valence-corrected chi connectivity index (χ0v) is 10.1. The Morgan fingerprint density at radius 3 is 2.21 bits per heavy atom. The molecule has 1 aliphatic rings. The first kappa shape index (κ1) is 14.2. The van der Waals surface area contributed by atoms with Crippen LogP contribution in [0.3, 0.4) is 0 Å². The predicted molar refractivity (Wildman–Crippen MR) is 60.6 cm³/mol. The molecule has 0 unspecified atom stereocenters. The van der Waals surface area contributed by atoms with Gasteiger partial charge in [0.1, 0.15) is 11.5 Å². The van der Waals surface area contributed by atoms with E-state index in [1.807, 2.05) is 0 Å². The summed E-state index contributed by atoms with van der Waals surface area (Å²) in [5, 5.41) is 0. The van der Waals surface area contributed by atoms with Crippen LogP contribution >= 0.6 is 0 Å². The van der Waals surface area contributed by atoms with Crippen LogP contribution in [-0.4, -0.2) is 6.04 Å². The standard InChI is InChI=1S/C13H14F5N/c14-11-7-8(1-2-10(11)13(16,17)18)12(15)5-3-9(19)4-6-12/h1-2,7,9H,3-6,19H2. The van der Waals surface area contributed by atoms with E-state index < -0.39 is 23.2 Å². The first-order chi connectivity index (χ1) is 8.72. The summed E-state index contributed by atoms with van der Waals surface area (Å²) >= 11 is 0. The number of hydrogen-bond donors (Lipinski definition) is 1. The van der Waals surface area contributed by atoms with Gasteiger partial charge in [0.15, 0.2) is 0 Å². The topological polar surface area (TPSA) is 26.0 Å². The monoisotopic (exact) mass is 279 g/mol. The molecule has 2 rings (SSSR count). The first-order valence-electron chi connectivity index (χ1n) is 6.04. The molecule has 0 aliphatic heterocycles. The van der Waals surface area contributed by atoms with Gasteiger partial charge in [-0.1, -0.05) is 6.07 Å². The molecule has 1 aliphatic carbocycles. The molecule has 6 heteroatoms. The quantitative estimate of drug-likeness (QED) is 0.775. The van der Waals surface area contributed by atoms with E-state index in [1.165, 1.54) is 0 Å². The van der Waals surface area contributed by atoms with Crippen LogP contribution in [0.2, 0.25) is 0 Å². The summed E-state index contributed by atoms with van der Waals surface area (Å²) in [6, 6.07) is 2.17. The Morgan fingerprint density at radius 2 is 1.74 bits per heavy atom. The van der Waals surface area contributed by atoms with E-state index in [1.54, 1.807) is 0 Å². The number of rotatable bonds is 1. The van der Waals surface area contributed by atoms with E-state index in [-0.39, 0.29) is 24.4 Å². The van der Waals surface area contributed by atoms with Gasteiger partial charge >= 0.3 is 6.18 Å². The predicted octanol–water partition coefficient (Wildman–Crippen LogP) is 3.91. The minimum atomic E-state index is -4.76. The van der Waals surface area contributed by atoms with Gasteiger partial charge in [-0.05, 0) is 43.4 Å². The lowest BCUT2D eigenvalue weighted by atomic mass is 9.79. The van der Waals surface area contributed by atoms with Gasteiger partial charge in [0, 0.05) is 6.04 Å². The number of hydrogen-bond acceptors (Lipinski definition) is 1. The molecule has 1 saturated carbocycles.